The van der Waals surface area contributed by atoms with Gasteiger partial charge < -0.3 is 0 Å². The van der Waals surface area contributed by atoms with Gasteiger partial charge in [0.2, 0.25) is 11.9 Å². The van der Waals surface area contributed by atoms with Gasteiger partial charge >= 0.3 is 0 Å². The summed E-state index contributed by atoms with van der Waals surface area (Å²) in [6.45, 7) is 0. The molecule has 84 valence electrons. The van der Waals surface area contributed by atoms with Crippen molar-refractivity contribution < 1.29 is 0 Å². The molecule has 0 aliphatic heterocycles. The average Bonchev–Trinajstić information content (AvgIpc) is 2.41. The van der Waals surface area contributed by atoms with Gasteiger partial charge in [0.25, 0.3) is 0 Å². The summed E-state index contributed by atoms with van der Waals surface area (Å²) in [5.41, 5.74) is 4.57. The molecule has 0 aromatic carbocycles. The number of nitrogens with two attached hydrogens (primary N) is 2. The molecule has 2 aromatic heterocycles. The minimum atomic E-state index is 0.375. The Labute approximate surface area is 91.3 Å². The van der Waals surface area contributed by atoms with Crippen molar-refractivity contribution in [2.45, 2.75) is 0 Å². The standard InChI is InChI=1S/C4H6N4.C3H5N5/c5-8-4-6-2-1-3-7-4;4-8-3-6-1-5-2-7-3/h1-3H,5H2,(H,6,7,8);1-2H,4H2,(H,5,6,7,8). The minimum Gasteiger partial charge on any atom is -0.292 e. The first-order valence-electron chi connectivity index (χ1n) is 4.19. The molecule has 0 unspecified atom stereocenters. The molecular formula is C7H11N9. The van der Waals surface area contributed by atoms with Crippen LogP contribution in [0.2, 0.25) is 0 Å². The maximum Gasteiger partial charge on any atom is 0.240 e. The van der Waals surface area contributed by atoms with Crippen molar-refractivity contribution in [1.82, 2.24) is 24.9 Å². The average molecular weight is 221 g/mol. The Morgan fingerprint density at radius 1 is 0.812 bits per heavy atom. The lowest BCUT2D eigenvalue weighted by Gasteiger charge is -1.91. The number of hydrogen-bond acceptors (Lipinski definition) is 9. The Morgan fingerprint density at radius 3 is 1.69 bits per heavy atom. The molecule has 9 heteroatoms. The van der Waals surface area contributed by atoms with Crippen molar-refractivity contribution in [3.63, 3.8) is 0 Å². The van der Waals surface area contributed by atoms with Gasteiger partial charge in [-0.15, -0.1) is 0 Å². The third-order valence-electron chi connectivity index (χ3n) is 1.32. The Kier molecular flexibility index (Phi) is 5.09. The van der Waals surface area contributed by atoms with Crippen LogP contribution in [0.3, 0.4) is 0 Å². The zero-order chi connectivity index (χ0) is 11.6. The zero-order valence-electron chi connectivity index (χ0n) is 8.28. The number of nitrogens with zero attached hydrogens (tertiary/aromatic N) is 5. The first-order valence-corrected chi connectivity index (χ1v) is 4.19. The van der Waals surface area contributed by atoms with E-state index in [1.807, 2.05) is 0 Å². The maximum atomic E-state index is 4.97. The molecule has 0 saturated carbocycles. The van der Waals surface area contributed by atoms with Crippen LogP contribution >= 0.6 is 0 Å². The van der Waals surface area contributed by atoms with Crippen LogP contribution < -0.4 is 22.5 Å². The number of hydrogen-bond donors (Lipinski definition) is 4. The fraction of sp³-hybridized carbons (Fsp3) is 0. The molecule has 16 heavy (non-hydrogen) atoms. The smallest absolute Gasteiger partial charge is 0.240 e. The summed E-state index contributed by atoms with van der Waals surface area (Å²) in [6, 6.07) is 1.72. The van der Waals surface area contributed by atoms with Gasteiger partial charge in [-0.25, -0.2) is 36.6 Å². The number of rotatable bonds is 2. The zero-order valence-corrected chi connectivity index (χ0v) is 8.28. The molecule has 0 fully saturated rings. The van der Waals surface area contributed by atoms with E-state index in [1.54, 1.807) is 18.5 Å². The van der Waals surface area contributed by atoms with Crippen LogP contribution in [-0.2, 0) is 0 Å². The van der Waals surface area contributed by atoms with Crippen LogP contribution in [0.25, 0.3) is 0 Å². The fourth-order valence-corrected chi connectivity index (χ4v) is 0.687. The van der Waals surface area contributed by atoms with Crippen molar-refractivity contribution in [2.24, 2.45) is 11.7 Å². The van der Waals surface area contributed by atoms with Gasteiger partial charge in [0, 0.05) is 12.4 Å². The number of nitrogens with one attached hydrogen (secondary N) is 2. The molecule has 0 saturated heterocycles. The maximum absolute atomic E-state index is 4.97. The first-order chi connectivity index (χ1) is 7.86. The topological polar surface area (TPSA) is 141 Å². The second-order valence-corrected chi connectivity index (χ2v) is 2.32. The second-order valence-electron chi connectivity index (χ2n) is 2.32. The van der Waals surface area contributed by atoms with E-state index in [2.05, 4.69) is 35.8 Å². The van der Waals surface area contributed by atoms with E-state index < -0.39 is 0 Å². The quantitative estimate of drug-likeness (QED) is 0.368. The van der Waals surface area contributed by atoms with E-state index >= 15 is 0 Å². The van der Waals surface area contributed by atoms with Crippen molar-refractivity contribution >= 4 is 11.9 Å². The highest BCUT2D eigenvalue weighted by Gasteiger charge is 1.83. The Balaban J connectivity index is 0.000000160. The number of anilines is 2. The van der Waals surface area contributed by atoms with Gasteiger partial charge in [0.1, 0.15) is 12.7 Å². The molecule has 2 rings (SSSR count). The summed E-state index contributed by atoms with van der Waals surface area (Å²) in [4.78, 5) is 18.4. The monoisotopic (exact) mass is 221 g/mol. The molecule has 6 N–H and O–H groups in total. The first kappa shape index (κ1) is 11.7. The summed E-state index contributed by atoms with van der Waals surface area (Å²) >= 11 is 0. The molecule has 0 amide bonds. The van der Waals surface area contributed by atoms with Gasteiger partial charge in [-0.2, -0.15) is 0 Å². The van der Waals surface area contributed by atoms with Crippen LogP contribution in [0, 0.1) is 0 Å². The Hall–Kier alpha value is -2.39. The van der Waals surface area contributed by atoms with E-state index in [1.165, 1.54) is 12.7 Å². The molecule has 2 heterocycles. The van der Waals surface area contributed by atoms with Crippen LogP contribution in [0.4, 0.5) is 11.9 Å². The predicted octanol–water partition coefficient (Wildman–Crippen LogP) is -1.08. The van der Waals surface area contributed by atoms with Crippen molar-refractivity contribution in [2.75, 3.05) is 10.9 Å². The van der Waals surface area contributed by atoms with Crippen LogP contribution in [0.1, 0.15) is 0 Å². The highest BCUT2D eigenvalue weighted by Crippen LogP contribution is 1.87. The predicted molar refractivity (Wildman–Crippen MR) is 57.5 cm³/mol. The molecule has 0 spiro atoms. The highest BCUT2D eigenvalue weighted by atomic mass is 15.3. The van der Waals surface area contributed by atoms with E-state index in [0.717, 1.165) is 0 Å². The lowest BCUT2D eigenvalue weighted by Crippen LogP contribution is -2.09. The lowest BCUT2D eigenvalue weighted by molar-refractivity contribution is 1.03. The molecule has 9 nitrogen and oxygen atoms in total. The summed E-state index contributed by atoms with van der Waals surface area (Å²) in [7, 11) is 0. The summed E-state index contributed by atoms with van der Waals surface area (Å²) in [5.74, 6) is 10.7. The fourth-order valence-electron chi connectivity index (χ4n) is 0.687. The third-order valence-corrected chi connectivity index (χ3v) is 1.32. The molecule has 0 aliphatic carbocycles. The van der Waals surface area contributed by atoms with Gasteiger partial charge in [-0.1, -0.05) is 0 Å². The third kappa shape index (κ3) is 4.21. The van der Waals surface area contributed by atoms with Crippen LogP contribution in [0.5, 0.6) is 0 Å². The van der Waals surface area contributed by atoms with E-state index in [9.17, 15) is 0 Å². The molecule has 0 atom stereocenters. The lowest BCUT2D eigenvalue weighted by atomic mass is 10.7. The second kappa shape index (κ2) is 6.98. The normalized spacial score (nSPS) is 8.62. The SMILES string of the molecule is NNc1ncccn1.NNc1ncncn1. The number of aromatic nitrogens is 5. The molecule has 0 radical (unpaired) electrons. The molecule has 2 aromatic rings. The summed E-state index contributed by atoms with van der Waals surface area (Å²) < 4.78 is 0. The van der Waals surface area contributed by atoms with Crippen molar-refractivity contribution in [1.29, 1.82) is 0 Å². The van der Waals surface area contributed by atoms with E-state index in [0.29, 0.717) is 11.9 Å². The van der Waals surface area contributed by atoms with E-state index in [4.69, 9.17) is 11.7 Å². The Morgan fingerprint density at radius 2 is 1.31 bits per heavy atom. The molecule has 0 bridgehead atoms. The van der Waals surface area contributed by atoms with E-state index in [-0.39, 0.29) is 0 Å². The summed E-state index contributed by atoms with van der Waals surface area (Å²) in [6.07, 6.45) is 5.95. The minimum absolute atomic E-state index is 0.375. The highest BCUT2D eigenvalue weighted by molar-refractivity contribution is 5.18. The van der Waals surface area contributed by atoms with Crippen molar-refractivity contribution in [3.05, 3.63) is 31.1 Å². The van der Waals surface area contributed by atoms with Crippen LogP contribution in [0.15, 0.2) is 31.1 Å². The van der Waals surface area contributed by atoms with Crippen LogP contribution in [-0.4, -0.2) is 24.9 Å². The number of hydrazine groups is 2. The molecular weight excluding hydrogens is 210 g/mol. The summed E-state index contributed by atoms with van der Waals surface area (Å²) in [5, 5.41) is 0. The van der Waals surface area contributed by atoms with Gasteiger partial charge in [-0.05, 0) is 6.07 Å². The van der Waals surface area contributed by atoms with Gasteiger partial charge in [-0.3, -0.25) is 10.9 Å². The van der Waals surface area contributed by atoms with Gasteiger partial charge in [0.05, 0.1) is 0 Å². The largest absolute Gasteiger partial charge is 0.292 e. The number of nitrogen functional groups attached to an aromatic ring is 2. The van der Waals surface area contributed by atoms with Gasteiger partial charge in [0.15, 0.2) is 0 Å². The Bertz CT molecular complexity index is 338. The molecule has 0 aliphatic rings. The van der Waals surface area contributed by atoms with Crippen molar-refractivity contribution in [3.8, 4) is 0 Å².